The molecule has 20 heavy (non-hydrogen) atoms. The molecule has 2 heteroatoms. The number of nitrogens with two attached hydrogens (primary N) is 2. The topological polar surface area (TPSA) is 52.0 Å². The second-order valence-electron chi connectivity index (χ2n) is 5.29. The van der Waals surface area contributed by atoms with Crippen molar-refractivity contribution in [3.05, 3.63) is 35.1 Å². The summed E-state index contributed by atoms with van der Waals surface area (Å²) in [5.74, 6) is 0. The molecule has 120 valence electrons. The molecular weight excluding hydrogens is 244 g/mol. The van der Waals surface area contributed by atoms with Crippen molar-refractivity contribution in [3.63, 3.8) is 0 Å². The molecule has 0 spiro atoms. The van der Waals surface area contributed by atoms with Crippen molar-refractivity contribution in [2.45, 2.75) is 68.7 Å². The number of hydrogen-bond acceptors (Lipinski definition) is 2. The molecule has 0 fully saturated rings. The molecule has 1 aliphatic carbocycles. The summed E-state index contributed by atoms with van der Waals surface area (Å²) < 4.78 is 0. The van der Waals surface area contributed by atoms with E-state index in [0.717, 1.165) is 24.1 Å². The zero-order chi connectivity index (χ0) is 15.5. The van der Waals surface area contributed by atoms with Crippen molar-refractivity contribution in [1.82, 2.24) is 0 Å². The van der Waals surface area contributed by atoms with Crippen LogP contribution >= 0.6 is 0 Å². The monoisotopic (exact) mass is 282 g/mol. The predicted octanol–water partition coefficient (Wildman–Crippen LogP) is 5.17. The van der Waals surface area contributed by atoms with Crippen LogP contribution in [0.15, 0.2) is 35.1 Å². The molecule has 0 radical (unpaired) electrons. The maximum atomic E-state index is 5.97. The van der Waals surface area contributed by atoms with E-state index in [0.29, 0.717) is 12.0 Å². The van der Waals surface area contributed by atoms with Gasteiger partial charge in [-0.15, -0.1) is 0 Å². The summed E-state index contributed by atoms with van der Waals surface area (Å²) in [7, 11) is 0. The van der Waals surface area contributed by atoms with E-state index in [9.17, 15) is 0 Å². The highest BCUT2D eigenvalue weighted by Crippen LogP contribution is 2.27. The van der Waals surface area contributed by atoms with E-state index in [1.54, 1.807) is 0 Å². The van der Waals surface area contributed by atoms with Crippen LogP contribution in [0, 0.1) is 5.41 Å². The van der Waals surface area contributed by atoms with Gasteiger partial charge in [0.1, 0.15) is 0 Å². The Morgan fingerprint density at radius 1 is 1.05 bits per heavy atom. The molecule has 0 heterocycles. The summed E-state index contributed by atoms with van der Waals surface area (Å²) in [6, 6.07) is 0. The van der Waals surface area contributed by atoms with Gasteiger partial charge in [-0.2, -0.15) is 0 Å². The minimum absolute atomic E-state index is 0. The maximum Gasteiger partial charge on any atom is 0.0359 e. The quantitative estimate of drug-likeness (QED) is 0.734. The standard InChI is InChI=1S/C13H22N2.2C2H6.CH4/c1-13(2,3)8-10-5-4-6-11(9-14)12(15)7-10;2*1-2;/h5-7H,4,8-9,14-15H2,1-3H3;2*1-2H3;1H4. The third-order valence-electron chi connectivity index (χ3n) is 2.41. The van der Waals surface area contributed by atoms with Crippen molar-refractivity contribution in [1.29, 1.82) is 0 Å². The molecule has 1 aliphatic rings. The van der Waals surface area contributed by atoms with E-state index in [1.165, 1.54) is 5.57 Å². The fourth-order valence-corrected chi connectivity index (χ4v) is 1.76. The summed E-state index contributed by atoms with van der Waals surface area (Å²) in [5, 5.41) is 0. The Morgan fingerprint density at radius 3 is 1.95 bits per heavy atom. The zero-order valence-corrected chi connectivity index (χ0v) is 14.0. The summed E-state index contributed by atoms with van der Waals surface area (Å²) in [5.41, 5.74) is 15.1. The molecule has 1 rings (SSSR count). The van der Waals surface area contributed by atoms with E-state index in [-0.39, 0.29) is 7.43 Å². The molecule has 0 aliphatic heterocycles. The lowest BCUT2D eigenvalue weighted by atomic mass is 9.87. The Hall–Kier alpha value is -1.02. The highest BCUT2D eigenvalue weighted by atomic mass is 14.6. The number of hydrogen-bond donors (Lipinski definition) is 2. The van der Waals surface area contributed by atoms with Crippen molar-refractivity contribution >= 4 is 0 Å². The van der Waals surface area contributed by atoms with Gasteiger partial charge >= 0.3 is 0 Å². The predicted molar refractivity (Wildman–Crippen MR) is 95.6 cm³/mol. The first kappa shape index (κ1) is 24.0. The van der Waals surface area contributed by atoms with Crippen molar-refractivity contribution < 1.29 is 0 Å². The smallest absolute Gasteiger partial charge is 0.0359 e. The molecule has 0 saturated heterocycles. The van der Waals surface area contributed by atoms with Crippen molar-refractivity contribution in [3.8, 4) is 0 Å². The van der Waals surface area contributed by atoms with Gasteiger partial charge in [0.25, 0.3) is 0 Å². The van der Waals surface area contributed by atoms with Crippen LogP contribution in [0.3, 0.4) is 0 Å². The first-order valence-electron chi connectivity index (χ1n) is 7.48. The molecule has 0 bridgehead atoms. The van der Waals surface area contributed by atoms with Gasteiger partial charge in [0, 0.05) is 12.2 Å². The van der Waals surface area contributed by atoms with E-state index in [2.05, 4.69) is 39.0 Å². The van der Waals surface area contributed by atoms with Crippen LogP contribution in [0.25, 0.3) is 0 Å². The minimum atomic E-state index is 0. The van der Waals surface area contributed by atoms with Crippen LogP contribution in [-0.2, 0) is 0 Å². The third kappa shape index (κ3) is 10.9. The summed E-state index contributed by atoms with van der Waals surface area (Å²) in [6.07, 6.45) is 8.41. The summed E-state index contributed by atoms with van der Waals surface area (Å²) >= 11 is 0. The van der Waals surface area contributed by atoms with Gasteiger partial charge in [0.05, 0.1) is 0 Å². The van der Waals surface area contributed by atoms with Gasteiger partial charge < -0.3 is 11.5 Å². The maximum absolute atomic E-state index is 5.97. The molecule has 0 saturated carbocycles. The molecule has 0 amide bonds. The van der Waals surface area contributed by atoms with E-state index < -0.39 is 0 Å². The van der Waals surface area contributed by atoms with Gasteiger partial charge in [0.2, 0.25) is 0 Å². The molecule has 0 aromatic heterocycles. The molecule has 4 N–H and O–H groups in total. The third-order valence-corrected chi connectivity index (χ3v) is 2.41. The van der Waals surface area contributed by atoms with Crippen LogP contribution in [0.4, 0.5) is 0 Å². The fourth-order valence-electron chi connectivity index (χ4n) is 1.76. The lowest BCUT2D eigenvalue weighted by molar-refractivity contribution is 0.413. The SMILES string of the molecule is C.CC.CC.CC(C)(C)CC1=CCC=C(CN)C(N)=C1. The minimum Gasteiger partial charge on any atom is -0.398 e. The van der Waals surface area contributed by atoms with Gasteiger partial charge in [0.15, 0.2) is 0 Å². The second-order valence-corrected chi connectivity index (χ2v) is 5.29. The highest BCUT2D eigenvalue weighted by Gasteiger charge is 2.13. The van der Waals surface area contributed by atoms with E-state index in [1.807, 2.05) is 27.7 Å². The van der Waals surface area contributed by atoms with Crippen molar-refractivity contribution in [2.24, 2.45) is 16.9 Å². The largest absolute Gasteiger partial charge is 0.398 e. The Bertz CT molecular complexity index is 315. The van der Waals surface area contributed by atoms with E-state index in [4.69, 9.17) is 11.5 Å². The number of rotatable bonds is 2. The van der Waals surface area contributed by atoms with Crippen LogP contribution < -0.4 is 11.5 Å². The van der Waals surface area contributed by atoms with Gasteiger partial charge in [-0.1, -0.05) is 68.0 Å². The first-order chi connectivity index (χ1) is 8.92. The van der Waals surface area contributed by atoms with Gasteiger partial charge in [-0.05, 0) is 35.5 Å². The van der Waals surface area contributed by atoms with Gasteiger partial charge in [-0.3, -0.25) is 0 Å². The molecule has 0 aromatic carbocycles. The van der Waals surface area contributed by atoms with Crippen LogP contribution in [0.2, 0.25) is 0 Å². The Morgan fingerprint density at radius 2 is 1.55 bits per heavy atom. The Balaban J connectivity index is -0.000000529. The lowest BCUT2D eigenvalue weighted by Crippen LogP contribution is -2.11. The fraction of sp³-hybridized carbons (Fsp3) is 0.667. The lowest BCUT2D eigenvalue weighted by Gasteiger charge is -2.18. The molecule has 0 aromatic rings. The first-order valence-corrected chi connectivity index (χ1v) is 7.48. The van der Waals surface area contributed by atoms with Crippen LogP contribution in [0.5, 0.6) is 0 Å². The summed E-state index contributed by atoms with van der Waals surface area (Å²) in [6.45, 7) is 15.2. The second kappa shape index (κ2) is 13.0. The Labute approximate surface area is 128 Å². The molecule has 0 atom stereocenters. The van der Waals surface area contributed by atoms with E-state index >= 15 is 0 Å². The normalized spacial score (nSPS) is 13.9. The zero-order valence-electron chi connectivity index (χ0n) is 14.0. The van der Waals surface area contributed by atoms with Crippen molar-refractivity contribution in [2.75, 3.05) is 6.54 Å². The average molecular weight is 283 g/mol. The Kier molecular flexibility index (Phi) is 15.6. The summed E-state index contributed by atoms with van der Waals surface area (Å²) in [4.78, 5) is 0. The molecule has 0 unspecified atom stereocenters. The number of allylic oxidation sites excluding steroid dienone is 4. The highest BCUT2D eigenvalue weighted by molar-refractivity contribution is 5.39. The molecule has 2 nitrogen and oxygen atoms in total. The van der Waals surface area contributed by atoms with Crippen LogP contribution in [-0.4, -0.2) is 6.54 Å². The average Bonchev–Trinajstić information content (AvgIpc) is 2.53. The molecular formula is C18H38N2. The van der Waals surface area contributed by atoms with Crippen LogP contribution in [0.1, 0.15) is 68.7 Å². The van der Waals surface area contributed by atoms with Gasteiger partial charge in [-0.25, -0.2) is 0 Å².